The van der Waals surface area contributed by atoms with Gasteiger partial charge in [-0.25, -0.2) is 0 Å². The fraction of sp³-hybridized carbons (Fsp3) is 0.176. The minimum atomic E-state index is -4.98. The molecule has 0 atom stereocenters. The lowest BCUT2D eigenvalue weighted by atomic mass is 10.1. The molecule has 0 saturated carbocycles. The van der Waals surface area contributed by atoms with Crippen LogP contribution in [0, 0.1) is 0 Å². The second-order valence-electron chi connectivity index (χ2n) is 5.52. The van der Waals surface area contributed by atoms with Crippen molar-refractivity contribution < 1.29 is 36.2 Å². The number of phenolic OH excluding ortho intramolecular Hbond substituents is 1. The van der Waals surface area contributed by atoms with E-state index in [4.69, 9.17) is 17.0 Å². The van der Waals surface area contributed by atoms with Crippen molar-refractivity contribution in [1.29, 1.82) is 0 Å². The number of nitrogens with zero attached hydrogens (tertiary/aromatic N) is 1. The number of methoxy groups -OCH3 is 1. The molecular formula is C17H13F6N3O2S. The number of hydrogen-bond donors (Lipinski definition) is 3. The summed E-state index contributed by atoms with van der Waals surface area (Å²) in [6.45, 7) is 0. The van der Waals surface area contributed by atoms with Crippen molar-refractivity contribution in [2.75, 3.05) is 12.4 Å². The molecule has 0 aliphatic carbocycles. The number of benzene rings is 2. The Kier molecular flexibility index (Phi) is 6.57. The Bertz CT molecular complexity index is 896. The van der Waals surface area contributed by atoms with Crippen LogP contribution in [0.5, 0.6) is 11.5 Å². The molecule has 29 heavy (non-hydrogen) atoms. The number of phenols is 1. The summed E-state index contributed by atoms with van der Waals surface area (Å²) >= 11 is 4.82. The van der Waals surface area contributed by atoms with Crippen LogP contribution >= 0.6 is 12.2 Å². The van der Waals surface area contributed by atoms with Crippen LogP contribution in [0.25, 0.3) is 0 Å². The summed E-state index contributed by atoms with van der Waals surface area (Å²) in [6.07, 6.45) is -8.82. The van der Waals surface area contributed by atoms with Gasteiger partial charge in [-0.2, -0.15) is 31.4 Å². The number of aromatic hydroxyl groups is 1. The summed E-state index contributed by atoms with van der Waals surface area (Å²) in [6, 6.07) is 5.53. The van der Waals surface area contributed by atoms with E-state index in [0.29, 0.717) is 12.1 Å². The van der Waals surface area contributed by atoms with Crippen LogP contribution in [-0.2, 0) is 12.4 Å². The number of para-hydroxylation sites is 1. The van der Waals surface area contributed by atoms with Crippen molar-refractivity contribution >= 4 is 29.2 Å². The molecule has 2 rings (SSSR count). The number of alkyl halides is 6. The molecule has 0 saturated heterocycles. The highest BCUT2D eigenvalue weighted by atomic mass is 32.1. The number of anilines is 1. The highest BCUT2D eigenvalue weighted by molar-refractivity contribution is 7.80. The van der Waals surface area contributed by atoms with Crippen LogP contribution in [0.1, 0.15) is 16.7 Å². The lowest BCUT2D eigenvalue weighted by molar-refractivity contribution is -0.143. The Morgan fingerprint density at radius 2 is 1.66 bits per heavy atom. The van der Waals surface area contributed by atoms with E-state index in [2.05, 4.69) is 15.8 Å². The van der Waals surface area contributed by atoms with Gasteiger partial charge in [0.05, 0.1) is 24.5 Å². The normalized spacial score (nSPS) is 12.1. The third-order valence-corrected chi connectivity index (χ3v) is 3.66. The monoisotopic (exact) mass is 437 g/mol. The largest absolute Gasteiger partial charge is 0.504 e. The van der Waals surface area contributed by atoms with Crippen LogP contribution in [0.2, 0.25) is 0 Å². The molecule has 0 radical (unpaired) electrons. The molecule has 2 aromatic rings. The van der Waals surface area contributed by atoms with Crippen molar-refractivity contribution in [3.05, 3.63) is 53.1 Å². The fourth-order valence-corrected chi connectivity index (χ4v) is 2.33. The standard InChI is InChI=1S/C17H13F6N3O2S/c1-28-13-4-2-3-9(14(13)27)8-24-26-15(29)25-12-6-10(16(18,19)20)5-11(7-12)17(21,22)23/h2-8,27H,1H3,(H2,25,26,29)/b24-8+. The van der Waals surface area contributed by atoms with E-state index in [1.807, 2.05) is 0 Å². The SMILES string of the molecule is COc1cccc(/C=N/NC(=S)Nc2cc(C(F)(F)F)cc(C(F)(F)F)c2)c1O. The van der Waals surface area contributed by atoms with Crippen LogP contribution in [0.3, 0.4) is 0 Å². The third-order valence-electron chi connectivity index (χ3n) is 3.47. The predicted molar refractivity (Wildman–Crippen MR) is 98.1 cm³/mol. The van der Waals surface area contributed by atoms with E-state index in [1.54, 1.807) is 6.07 Å². The van der Waals surface area contributed by atoms with E-state index in [0.717, 1.165) is 6.21 Å². The summed E-state index contributed by atoms with van der Waals surface area (Å²) in [7, 11) is 1.34. The topological polar surface area (TPSA) is 65.9 Å². The van der Waals surface area contributed by atoms with Crippen LogP contribution in [0.4, 0.5) is 32.0 Å². The van der Waals surface area contributed by atoms with Gasteiger partial charge in [-0.15, -0.1) is 0 Å². The predicted octanol–water partition coefficient (Wildman–Crippen LogP) is 4.76. The van der Waals surface area contributed by atoms with Crippen molar-refractivity contribution in [2.45, 2.75) is 12.4 Å². The molecule has 2 aromatic carbocycles. The van der Waals surface area contributed by atoms with Gasteiger partial charge in [0.2, 0.25) is 0 Å². The average Bonchev–Trinajstić information content (AvgIpc) is 2.61. The van der Waals surface area contributed by atoms with Gasteiger partial charge in [-0.3, -0.25) is 5.43 Å². The molecule has 0 bridgehead atoms. The van der Waals surface area contributed by atoms with Gasteiger partial charge < -0.3 is 15.2 Å². The summed E-state index contributed by atoms with van der Waals surface area (Å²) in [5.74, 6) is -0.0366. The summed E-state index contributed by atoms with van der Waals surface area (Å²) in [5.41, 5.74) is -1.02. The van der Waals surface area contributed by atoms with Gasteiger partial charge in [0.25, 0.3) is 0 Å². The molecule has 12 heteroatoms. The van der Waals surface area contributed by atoms with Gasteiger partial charge in [-0.1, -0.05) is 6.07 Å². The van der Waals surface area contributed by atoms with Gasteiger partial charge in [0, 0.05) is 11.3 Å². The lowest BCUT2D eigenvalue weighted by Gasteiger charge is -2.15. The number of hydrogen-bond acceptors (Lipinski definition) is 4. The maximum absolute atomic E-state index is 12.9. The second kappa shape index (κ2) is 8.55. The molecule has 0 amide bonds. The number of halogens is 6. The molecule has 0 aliphatic rings. The van der Waals surface area contributed by atoms with Gasteiger partial charge in [0.15, 0.2) is 16.6 Å². The fourth-order valence-electron chi connectivity index (χ4n) is 2.15. The molecule has 156 valence electrons. The van der Waals surface area contributed by atoms with Gasteiger partial charge >= 0.3 is 12.4 Å². The van der Waals surface area contributed by atoms with Crippen molar-refractivity contribution in [3.8, 4) is 11.5 Å². The molecular weight excluding hydrogens is 424 g/mol. The number of hydrazone groups is 1. The zero-order valence-corrected chi connectivity index (χ0v) is 15.3. The van der Waals surface area contributed by atoms with E-state index in [1.165, 1.54) is 19.2 Å². The van der Waals surface area contributed by atoms with Crippen LogP contribution < -0.4 is 15.5 Å². The minimum Gasteiger partial charge on any atom is -0.504 e. The zero-order valence-electron chi connectivity index (χ0n) is 14.5. The van der Waals surface area contributed by atoms with E-state index in [9.17, 15) is 31.4 Å². The Balaban J connectivity index is 2.16. The molecule has 0 heterocycles. The third kappa shape index (κ3) is 5.98. The molecule has 3 N–H and O–H groups in total. The number of thiocarbonyl (C=S) groups is 1. The van der Waals surface area contributed by atoms with Gasteiger partial charge in [0.1, 0.15) is 0 Å². The summed E-state index contributed by atoms with van der Waals surface area (Å²) < 4.78 is 82.1. The first-order valence-corrected chi connectivity index (χ1v) is 8.08. The summed E-state index contributed by atoms with van der Waals surface area (Å²) in [5, 5.41) is 15.4. The quantitative estimate of drug-likeness (QED) is 0.279. The van der Waals surface area contributed by atoms with E-state index in [-0.39, 0.29) is 28.2 Å². The molecule has 0 fully saturated rings. The molecule has 0 spiro atoms. The lowest BCUT2D eigenvalue weighted by Crippen LogP contribution is -2.24. The highest BCUT2D eigenvalue weighted by Crippen LogP contribution is 2.37. The Labute approximate surface area is 166 Å². The van der Waals surface area contributed by atoms with Crippen LogP contribution in [-0.4, -0.2) is 23.5 Å². The van der Waals surface area contributed by atoms with E-state index >= 15 is 0 Å². The molecule has 0 aromatic heterocycles. The van der Waals surface area contributed by atoms with Gasteiger partial charge in [-0.05, 0) is 42.5 Å². The number of nitrogens with one attached hydrogen (secondary N) is 2. The van der Waals surface area contributed by atoms with Crippen molar-refractivity contribution in [1.82, 2.24) is 5.43 Å². The zero-order chi connectivity index (χ0) is 21.8. The first-order valence-electron chi connectivity index (χ1n) is 7.67. The molecule has 0 aliphatic heterocycles. The maximum atomic E-state index is 12.9. The van der Waals surface area contributed by atoms with Crippen molar-refractivity contribution in [3.63, 3.8) is 0 Å². The molecule has 0 unspecified atom stereocenters. The Morgan fingerprint density at radius 1 is 1.07 bits per heavy atom. The Morgan fingerprint density at radius 3 is 2.17 bits per heavy atom. The highest BCUT2D eigenvalue weighted by Gasteiger charge is 2.37. The first kappa shape index (κ1) is 22.3. The van der Waals surface area contributed by atoms with E-state index < -0.39 is 29.2 Å². The maximum Gasteiger partial charge on any atom is 0.416 e. The number of rotatable bonds is 4. The van der Waals surface area contributed by atoms with Crippen LogP contribution in [0.15, 0.2) is 41.5 Å². The number of ether oxygens (including phenoxy) is 1. The average molecular weight is 437 g/mol. The Hall–Kier alpha value is -3.02. The first-order chi connectivity index (χ1) is 13.4. The van der Waals surface area contributed by atoms with Crippen molar-refractivity contribution in [2.24, 2.45) is 5.10 Å². The summed E-state index contributed by atoms with van der Waals surface area (Å²) in [4.78, 5) is 0. The minimum absolute atomic E-state index is 0.00533. The smallest absolute Gasteiger partial charge is 0.416 e. The second-order valence-corrected chi connectivity index (χ2v) is 5.93. The molecule has 5 nitrogen and oxygen atoms in total.